The molecular formula is C11H7BrCl2N2. The highest BCUT2D eigenvalue weighted by Gasteiger charge is 2.09. The largest absolute Gasteiger partial charge is 0.382 e. The Hall–Kier alpha value is -0.770. The number of rotatable bonds is 1. The monoisotopic (exact) mass is 316 g/mol. The van der Waals surface area contributed by atoms with E-state index in [-0.39, 0.29) is 5.82 Å². The van der Waals surface area contributed by atoms with Gasteiger partial charge in [-0.1, -0.05) is 51.3 Å². The number of hydrogen-bond acceptors (Lipinski definition) is 2. The van der Waals surface area contributed by atoms with Gasteiger partial charge in [-0.15, -0.1) is 0 Å². The van der Waals surface area contributed by atoms with Crippen LogP contribution in [0.3, 0.4) is 0 Å². The molecule has 0 spiro atoms. The zero-order valence-corrected chi connectivity index (χ0v) is 11.1. The van der Waals surface area contributed by atoms with E-state index < -0.39 is 0 Å². The van der Waals surface area contributed by atoms with Gasteiger partial charge in [-0.3, -0.25) is 0 Å². The molecule has 1 aromatic heterocycles. The molecular weight excluding hydrogens is 311 g/mol. The molecule has 0 aliphatic rings. The molecule has 5 heteroatoms. The Morgan fingerprint density at radius 2 is 1.88 bits per heavy atom. The average molecular weight is 318 g/mol. The van der Waals surface area contributed by atoms with Crippen molar-refractivity contribution in [3.63, 3.8) is 0 Å². The van der Waals surface area contributed by atoms with Crippen LogP contribution < -0.4 is 5.73 Å². The van der Waals surface area contributed by atoms with Gasteiger partial charge in [0.15, 0.2) is 0 Å². The third-order valence-corrected chi connectivity index (χ3v) is 3.14. The van der Waals surface area contributed by atoms with Crippen molar-refractivity contribution in [2.24, 2.45) is 0 Å². The summed E-state index contributed by atoms with van der Waals surface area (Å²) in [5.74, 6) is 0.279. The van der Waals surface area contributed by atoms with Crippen molar-refractivity contribution in [3.8, 4) is 11.3 Å². The van der Waals surface area contributed by atoms with E-state index in [0.29, 0.717) is 15.7 Å². The minimum atomic E-state index is 0.279. The number of halogens is 3. The van der Waals surface area contributed by atoms with Gasteiger partial charge >= 0.3 is 0 Å². The Kier molecular flexibility index (Phi) is 3.38. The van der Waals surface area contributed by atoms with Crippen LogP contribution in [0.25, 0.3) is 11.3 Å². The van der Waals surface area contributed by atoms with Gasteiger partial charge in [0.25, 0.3) is 0 Å². The van der Waals surface area contributed by atoms with E-state index in [2.05, 4.69) is 20.9 Å². The number of aromatic nitrogens is 1. The van der Waals surface area contributed by atoms with Crippen LogP contribution in [0.2, 0.25) is 10.0 Å². The zero-order chi connectivity index (χ0) is 11.7. The molecule has 0 fully saturated rings. The summed E-state index contributed by atoms with van der Waals surface area (Å²) in [7, 11) is 0. The molecule has 0 amide bonds. The molecule has 2 nitrogen and oxygen atoms in total. The van der Waals surface area contributed by atoms with Gasteiger partial charge in [0.05, 0.1) is 15.7 Å². The molecule has 0 radical (unpaired) electrons. The fourth-order valence-corrected chi connectivity index (χ4v) is 2.19. The highest BCUT2D eigenvalue weighted by atomic mass is 79.9. The van der Waals surface area contributed by atoms with Crippen LogP contribution >= 0.6 is 39.1 Å². The highest BCUT2D eigenvalue weighted by Crippen LogP contribution is 2.32. The van der Waals surface area contributed by atoms with Crippen molar-refractivity contribution < 1.29 is 0 Å². The Labute approximate surface area is 112 Å². The van der Waals surface area contributed by atoms with Crippen molar-refractivity contribution >= 4 is 44.9 Å². The molecule has 0 unspecified atom stereocenters. The van der Waals surface area contributed by atoms with Gasteiger partial charge in [0, 0.05) is 10.0 Å². The number of benzene rings is 1. The predicted octanol–water partition coefficient (Wildman–Crippen LogP) is 4.40. The predicted molar refractivity (Wildman–Crippen MR) is 71.8 cm³/mol. The number of anilines is 1. The van der Waals surface area contributed by atoms with Crippen molar-refractivity contribution in [2.75, 3.05) is 5.73 Å². The summed E-state index contributed by atoms with van der Waals surface area (Å²) in [4.78, 5) is 4.18. The van der Waals surface area contributed by atoms with Crippen LogP contribution in [0.1, 0.15) is 0 Å². The third-order valence-electron chi connectivity index (χ3n) is 2.05. The van der Waals surface area contributed by atoms with Crippen molar-refractivity contribution in [1.29, 1.82) is 0 Å². The smallest absolute Gasteiger partial charge is 0.143 e. The van der Waals surface area contributed by atoms with E-state index in [0.717, 1.165) is 10.0 Å². The van der Waals surface area contributed by atoms with Gasteiger partial charge in [0.2, 0.25) is 0 Å². The first-order valence-electron chi connectivity index (χ1n) is 4.45. The van der Waals surface area contributed by atoms with E-state index in [1.807, 2.05) is 24.3 Å². The number of nitrogens with zero attached hydrogens (tertiary/aromatic N) is 1. The first kappa shape index (κ1) is 11.7. The minimum Gasteiger partial charge on any atom is -0.382 e. The Balaban J connectivity index is 2.60. The summed E-state index contributed by atoms with van der Waals surface area (Å²) in [6.45, 7) is 0. The lowest BCUT2D eigenvalue weighted by atomic mass is 10.1. The molecule has 2 aromatic rings. The molecule has 1 heterocycles. The summed E-state index contributed by atoms with van der Waals surface area (Å²) in [6, 6.07) is 9.26. The maximum absolute atomic E-state index is 6.07. The first-order valence-corrected chi connectivity index (χ1v) is 6.00. The summed E-state index contributed by atoms with van der Waals surface area (Å²) >= 11 is 15.3. The second-order valence-corrected chi connectivity index (χ2v) is 4.93. The molecule has 2 rings (SSSR count). The van der Waals surface area contributed by atoms with Crippen LogP contribution in [0.5, 0.6) is 0 Å². The average Bonchev–Trinajstić information content (AvgIpc) is 2.23. The van der Waals surface area contributed by atoms with Crippen LogP contribution in [-0.2, 0) is 0 Å². The molecule has 0 saturated heterocycles. The van der Waals surface area contributed by atoms with Crippen LogP contribution in [0, 0.1) is 0 Å². The maximum Gasteiger partial charge on any atom is 0.143 e. The highest BCUT2D eigenvalue weighted by molar-refractivity contribution is 9.10. The van der Waals surface area contributed by atoms with Gasteiger partial charge in [0.1, 0.15) is 5.82 Å². The lowest BCUT2D eigenvalue weighted by Gasteiger charge is -2.06. The summed E-state index contributed by atoms with van der Waals surface area (Å²) in [6.07, 6.45) is 0. The molecule has 0 bridgehead atoms. The number of nitrogens with two attached hydrogens (primary N) is 1. The third kappa shape index (κ3) is 2.32. The standard InChI is InChI=1S/C11H7BrCl2N2/c12-7-3-1-2-6(4-7)10-8(13)5-9(14)11(15)16-10/h1-5H,(H2,15,16). The van der Waals surface area contributed by atoms with Crippen molar-refractivity contribution in [1.82, 2.24) is 4.98 Å². The Morgan fingerprint density at radius 1 is 1.12 bits per heavy atom. The van der Waals surface area contributed by atoms with Gasteiger partial charge in [-0.05, 0) is 18.2 Å². The minimum absolute atomic E-state index is 0.279. The van der Waals surface area contributed by atoms with Crippen LogP contribution in [0.4, 0.5) is 5.82 Å². The lowest BCUT2D eigenvalue weighted by Crippen LogP contribution is -1.94. The normalized spacial score (nSPS) is 10.4. The summed E-state index contributed by atoms with van der Waals surface area (Å²) in [5, 5.41) is 0.848. The summed E-state index contributed by atoms with van der Waals surface area (Å²) < 4.78 is 0.955. The molecule has 82 valence electrons. The molecule has 0 aliphatic carbocycles. The van der Waals surface area contributed by atoms with E-state index >= 15 is 0 Å². The van der Waals surface area contributed by atoms with Crippen molar-refractivity contribution in [3.05, 3.63) is 44.8 Å². The van der Waals surface area contributed by atoms with Gasteiger partial charge < -0.3 is 5.73 Å². The fraction of sp³-hybridized carbons (Fsp3) is 0. The van der Waals surface area contributed by atoms with Crippen molar-refractivity contribution in [2.45, 2.75) is 0 Å². The van der Waals surface area contributed by atoms with E-state index in [9.17, 15) is 0 Å². The Bertz CT molecular complexity index is 544. The van der Waals surface area contributed by atoms with Gasteiger partial charge in [-0.2, -0.15) is 0 Å². The number of hydrogen-bond donors (Lipinski definition) is 1. The molecule has 2 N–H and O–H groups in total. The first-order chi connectivity index (χ1) is 7.58. The Morgan fingerprint density at radius 3 is 2.56 bits per heavy atom. The van der Waals surface area contributed by atoms with Crippen LogP contribution in [0.15, 0.2) is 34.8 Å². The zero-order valence-electron chi connectivity index (χ0n) is 8.05. The topological polar surface area (TPSA) is 38.9 Å². The van der Waals surface area contributed by atoms with Gasteiger partial charge in [-0.25, -0.2) is 4.98 Å². The SMILES string of the molecule is Nc1nc(-c2cccc(Br)c2)c(Cl)cc1Cl. The fourth-order valence-electron chi connectivity index (χ4n) is 1.32. The second kappa shape index (κ2) is 4.62. The quantitative estimate of drug-likeness (QED) is 0.846. The molecule has 16 heavy (non-hydrogen) atoms. The van der Waals surface area contributed by atoms with E-state index in [1.165, 1.54) is 0 Å². The van der Waals surface area contributed by atoms with Crippen LogP contribution in [-0.4, -0.2) is 4.98 Å². The lowest BCUT2D eigenvalue weighted by molar-refractivity contribution is 1.33. The maximum atomic E-state index is 6.07. The molecule has 0 aliphatic heterocycles. The number of nitrogen functional groups attached to an aromatic ring is 1. The van der Waals surface area contributed by atoms with E-state index in [4.69, 9.17) is 28.9 Å². The second-order valence-electron chi connectivity index (χ2n) is 3.20. The number of pyridine rings is 1. The molecule has 0 atom stereocenters. The summed E-state index contributed by atoms with van der Waals surface area (Å²) in [5.41, 5.74) is 7.17. The van der Waals surface area contributed by atoms with E-state index in [1.54, 1.807) is 6.07 Å². The molecule has 1 aromatic carbocycles. The molecule has 0 saturated carbocycles.